The summed E-state index contributed by atoms with van der Waals surface area (Å²) in [7, 11) is -0.443. The third kappa shape index (κ3) is 10.8. The Hall–Kier alpha value is -2.17. The Kier molecular flexibility index (Phi) is 12.9. The Morgan fingerprint density at radius 1 is 1.12 bits per heavy atom. The summed E-state index contributed by atoms with van der Waals surface area (Å²) in [5.41, 5.74) is -0.667. The van der Waals surface area contributed by atoms with Gasteiger partial charge in [0.2, 0.25) is 8.32 Å². The smallest absolute Gasteiger partial charge is 0.408 e. The molecule has 2 N–H and O–H groups in total. The number of hydrogen-bond acceptors (Lipinski definition) is 7. The molecule has 10 heteroatoms. The number of carbonyl (C=O) groups excluding carboxylic acids is 1. The van der Waals surface area contributed by atoms with E-state index in [1.165, 1.54) is 11.8 Å². The fourth-order valence-electron chi connectivity index (χ4n) is 3.81. The van der Waals surface area contributed by atoms with Gasteiger partial charge < -0.3 is 29.1 Å². The third-order valence-electron chi connectivity index (χ3n) is 7.16. The Labute approximate surface area is 262 Å². The average molecular weight is 638 g/mol. The Bertz CT molecular complexity index is 1210. The van der Waals surface area contributed by atoms with Crippen LogP contribution in [0, 0.1) is 0 Å². The third-order valence-corrected chi connectivity index (χ3v) is 12.9. The van der Waals surface area contributed by atoms with Crippen LogP contribution >= 0.6 is 23.4 Å². The lowest BCUT2D eigenvalue weighted by Gasteiger charge is -2.36. The number of halogens is 1. The highest BCUT2D eigenvalue weighted by Gasteiger charge is 2.39. The molecule has 1 amide bonds. The van der Waals surface area contributed by atoms with E-state index in [1.807, 2.05) is 36.4 Å². The van der Waals surface area contributed by atoms with E-state index < -0.39 is 25.6 Å². The quantitative estimate of drug-likeness (QED) is 0.122. The topological polar surface area (TPSA) is 86.3 Å². The van der Waals surface area contributed by atoms with Gasteiger partial charge in [-0.15, -0.1) is 6.58 Å². The molecule has 1 atom stereocenters. The van der Waals surface area contributed by atoms with Gasteiger partial charge in [0.25, 0.3) is 0 Å². The molecule has 0 bridgehead atoms. The lowest BCUT2D eigenvalue weighted by molar-refractivity contribution is 0.0389. The fraction of sp³-hybridized carbons (Fsp3) is 0.531. The normalized spacial score (nSPS) is 13.7. The summed E-state index contributed by atoms with van der Waals surface area (Å²) in [5, 5.41) is 13.8. The first kappa shape index (κ1) is 36.0. The van der Waals surface area contributed by atoms with Crippen molar-refractivity contribution in [2.24, 2.45) is 0 Å². The second-order valence-corrected chi connectivity index (χ2v) is 19.2. The van der Waals surface area contributed by atoms with Gasteiger partial charge in [0, 0.05) is 17.0 Å². The van der Waals surface area contributed by atoms with E-state index >= 15 is 0 Å². The zero-order chi connectivity index (χ0) is 31.8. The molecule has 2 rings (SSSR count). The lowest BCUT2D eigenvalue weighted by Crippen LogP contribution is -2.52. The van der Waals surface area contributed by atoms with E-state index in [0.717, 1.165) is 21.1 Å². The molecule has 2 aromatic rings. The van der Waals surface area contributed by atoms with Crippen molar-refractivity contribution in [3.8, 4) is 11.5 Å². The highest BCUT2D eigenvalue weighted by atomic mass is 35.5. The number of rotatable bonds is 14. The molecule has 0 aliphatic carbocycles. The molecule has 0 aliphatic heterocycles. The number of benzene rings is 2. The van der Waals surface area contributed by atoms with E-state index in [-0.39, 0.29) is 18.4 Å². The monoisotopic (exact) mass is 637 g/mol. The van der Waals surface area contributed by atoms with Gasteiger partial charge in [0.1, 0.15) is 17.1 Å². The van der Waals surface area contributed by atoms with Crippen molar-refractivity contribution in [3.63, 3.8) is 0 Å². The number of alkyl carbamates (subject to hydrolysis) is 1. The summed E-state index contributed by atoms with van der Waals surface area (Å²) in [6.45, 7) is 20.1. The van der Waals surface area contributed by atoms with Crippen molar-refractivity contribution in [2.75, 3.05) is 20.5 Å². The number of amides is 1. The average Bonchev–Trinajstić information content (AvgIpc) is 2.85. The van der Waals surface area contributed by atoms with Gasteiger partial charge in [0.05, 0.1) is 17.0 Å². The van der Waals surface area contributed by atoms with Crippen LogP contribution in [0.3, 0.4) is 0 Å². The van der Waals surface area contributed by atoms with Crippen LogP contribution in [0.2, 0.25) is 23.2 Å². The second kappa shape index (κ2) is 15.0. The van der Waals surface area contributed by atoms with Crippen LogP contribution in [0.1, 0.15) is 59.9 Å². The van der Waals surface area contributed by atoms with Gasteiger partial charge in [-0.1, -0.05) is 56.3 Å². The van der Waals surface area contributed by atoms with Crippen LogP contribution in [0.4, 0.5) is 4.79 Å². The molecule has 0 aromatic heterocycles. The Morgan fingerprint density at radius 2 is 1.81 bits per heavy atom. The van der Waals surface area contributed by atoms with Crippen molar-refractivity contribution >= 4 is 37.8 Å². The van der Waals surface area contributed by atoms with Crippen molar-refractivity contribution in [1.82, 2.24) is 5.32 Å². The fourth-order valence-corrected chi connectivity index (χ4v) is 6.14. The zero-order valence-electron chi connectivity index (χ0n) is 26.6. The minimum atomic E-state index is -2.03. The van der Waals surface area contributed by atoms with Gasteiger partial charge in [-0.25, -0.2) is 4.79 Å². The maximum atomic E-state index is 12.5. The maximum absolute atomic E-state index is 12.5. The molecule has 0 aliphatic rings. The van der Waals surface area contributed by atoms with Crippen LogP contribution in [0.25, 0.3) is 0 Å². The van der Waals surface area contributed by atoms with Gasteiger partial charge in [0.15, 0.2) is 6.79 Å². The van der Waals surface area contributed by atoms with Crippen LogP contribution in [-0.2, 0) is 15.9 Å². The highest BCUT2D eigenvalue weighted by Crippen LogP contribution is 2.42. The van der Waals surface area contributed by atoms with Crippen LogP contribution in [0.5, 0.6) is 11.5 Å². The summed E-state index contributed by atoms with van der Waals surface area (Å²) in [4.78, 5) is 14.3. The molecule has 0 spiro atoms. The van der Waals surface area contributed by atoms with E-state index in [4.69, 9.17) is 30.2 Å². The largest absolute Gasteiger partial charge is 0.543 e. The van der Waals surface area contributed by atoms with E-state index in [9.17, 15) is 9.90 Å². The summed E-state index contributed by atoms with van der Waals surface area (Å²) in [5.74, 6) is 1.49. The molecule has 234 valence electrons. The molecular formula is C32H48ClNO6SSi. The first-order chi connectivity index (χ1) is 19.4. The van der Waals surface area contributed by atoms with Gasteiger partial charge in [-0.2, -0.15) is 0 Å². The molecule has 0 saturated carbocycles. The van der Waals surface area contributed by atoms with E-state index in [2.05, 4.69) is 45.8 Å². The molecule has 0 radical (unpaired) electrons. The second-order valence-electron chi connectivity index (χ2n) is 12.9. The number of methoxy groups -OCH3 is 1. The standard InChI is InChI=1S/C32H48ClNO6SSi/c1-11-17-32(21-35,34-29(36)39-30(2,3)4)18-16-23-12-14-25(20-26(23)33)41-28-19-24(13-15-27(28)38-22-37-8)40-42(9,10)31(5,6)7/h11-15,19-20,35H,1,16-18,21-22H2,2-10H3,(H,34,36)/t32-/m0/s1. The number of nitrogens with one attached hydrogen (secondary N) is 1. The first-order valence-corrected chi connectivity index (χ1v) is 18.2. The van der Waals surface area contributed by atoms with Crippen molar-refractivity contribution in [3.05, 3.63) is 59.6 Å². The molecule has 7 nitrogen and oxygen atoms in total. The number of ether oxygens (including phenoxy) is 3. The Morgan fingerprint density at radius 3 is 2.36 bits per heavy atom. The minimum Gasteiger partial charge on any atom is -0.543 e. The van der Waals surface area contributed by atoms with E-state index in [0.29, 0.717) is 30.0 Å². The number of carbonyl (C=O) groups is 1. The van der Waals surface area contributed by atoms with Gasteiger partial charge in [-0.3, -0.25) is 0 Å². The molecular weight excluding hydrogens is 590 g/mol. The van der Waals surface area contributed by atoms with Gasteiger partial charge in [-0.05, 0) is 94.1 Å². The van der Waals surface area contributed by atoms with E-state index in [1.54, 1.807) is 34.0 Å². The summed E-state index contributed by atoms with van der Waals surface area (Å²) in [6.07, 6.45) is 2.46. The Balaban J connectivity index is 2.26. The molecule has 42 heavy (non-hydrogen) atoms. The number of aliphatic hydroxyl groups is 1. The van der Waals surface area contributed by atoms with Crippen LogP contribution in [0.15, 0.2) is 58.8 Å². The zero-order valence-corrected chi connectivity index (χ0v) is 29.1. The lowest BCUT2D eigenvalue weighted by atomic mass is 9.88. The number of hydrogen-bond donors (Lipinski definition) is 2. The van der Waals surface area contributed by atoms with Crippen LogP contribution in [-0.4, -0.2) is 51.2 Å². The maximum Gasteiger partial charge on any atom is 0.408 e. The highest BCUT2D eigenvalue weighted by molar-refractivity contribution is 7.99. The molecule has 0 fully saturated rings. The number of aryl methyl sites for hydroxylation is 1. The van der Waals surface area contributed by atoms with Crippen molar-refractivity contribution < 1.29 is 28.5 Å². The molecule has 0 saturated heterocycles. The summed E-state index contributed by atoms with van der Waals surface area (Å²) >= 11 is 8.28. The van der Waals surface area contributed by atoms with Crippen molar-refractivity contribution in [2.45, 2.75) is 99.9 Å². The molecule has 0 unspecified atom stereocenters. The predicted molar refractivity (Wildman–Crippen MR) is 175 cm³/mol. The molecule has 0 heterocycles. The van der Waals surface area contributed by atoms with Gasteiger partial charge >= 0.3 is 6.09 Å². The van der Waals surface area contributed by atoms with Crippen molar-refractivity contribution in [1.29, 1.82) is 0 Å². The number of aliphatic hydroxyl groups excluding tert-OH is 1. The molecule has 2 aromatic carbocycles. The minimum absolute atomic E-state index is 0.0661. The van der Waals surface area contributed by atoms with Crippen LogP contribution < -0.4 is 14.5 Å². The SMILES string of the molecule is C=CC[C@@](CO)(CCc1ccc(Sc2cc(O[Si](C)(C)C(C)(C)C)ccc2OCOC)cc1Cl)NC(=O)OC(C)(C)C. The predicted octanol–water partition coefficient (Wildman–Crippen LogP) is 8.62. The summed E-state index contributed by atoms with van der Waals surface area (Å²) < 4.78 is 22.9. The first-order valence-electron chi connectivity index (χ1n) is 14.1. The summed E-state index contributed by atoms with van der Waals surface area (Å²) in [6, 6.07) is 11.7.